The van der Waals surface area contributed by atoms with Crippen LogP contribution in [0, 0.1) is 11.8 Å². The number of anilines is 1. The van der Waals surface area contributed by atoms with Crippen LogP contribution in [-0.4, -0.2) is 30.3 Å². The van der Waals surface area contributed by atoms with Crippen LogP contribution in [0.25, 0.3) is 10.2 Å². The second-order valence-corrected chi connectivity index (χ2v) is 6.87. The molecule has 1 aromatic carbocycles. The molecule has 0 radical (unpaired) electrons. The van der Waals surface area contributed by atoms with Gasteiger partial charge in [-0.2, -0.15) is 0 Å². The van der Waals surface area contributed by atoms with E-state index in [9.17, 15) is 0 Å². The Hall–Kier alpha value is -1.77. The van der Waals surface area contributed by atoms with Crippen LogP contribution >= 0.6 is 11.3 Å². The molecule has 0 saturated carbocycles. The molecule has 4 rings (SSSR count). The fraction of sp³-hybridized carbons (Fsp3) is 0.471. The summed E-state index contributed by atoms with van der Waals surface area (Å²) in [5.74, 6) is 7.41. The number of hydrogen-bond donors (Lipinski definition) is 1. The van der Waals surface area contributed by atoms with Gasteiger partial charge in [0.05, 0.1) is 29.5 Å². The topological polar surface area (TPSA) is 37.4 Å². The van der Waals surface area contributed by atoms with E-state index in [-0.39, 0.29) is 6.04 Å². The summed E-state index contributed by atoms with van der Waals surface area (Å²) >= 11 is 1.75. The largest absolute Gasteiger partial charge is 0.493 e. The number of nitrogens with zero attached hydrogens (tertiary/aromatic N) is 2. The highest BCUT2D eigenvalue weighted by molar-refractivity contribution is 7.22. The molecule has 1 fully saturated rings. The van der Waals surface area contributed by atoms with Crippen LogP contribution in [0.5, 0.6) is 5.75 Å². The Morgan fingerprint density at radius 2 is 2.36 bits per heavy atom. The summed E-state index contributed by atoms with van der Waals surface area (Å²) in [6.07, 6.45) is 1.99. The van der Waals surface area contributed by atoms with E-state index in [1.54, 1.807) is 11.3 Å². The quantitative estimate of drug-likeness (QED) is 0.822. The summed E-state index contributed by atoms with van der Waals surface area (Å²) in [6.45, 7) is 5.70. The third-order valence-electron chi connectivity index (χ3n) is 4.34. The standard InChI is InChI=1S/C17H19N3OS/c1-3-4-12-9-11(2)18-10-20(12)17-19-16-13-7-8-21-14(13)5-6-15(16)22-17/h5-6,11-12,18H,7-10H2,1-2H3/t11-,12+/m1/s1. The fourth-order valence-corrected chi connectivity index (χ4v) is 4.24. The van der Waals surface area contributed by atoms with Crippen LogP contribution in [0.1, 0.15) is 25.8 Å². The molecule has 0 bridgehead atoms. The average molecular weight is 313 g/mol. The van der Waals surface area contributed by atoms with Crippen molar-refractivity contribution in [2.75, 3.05) is 18.2 Å². The second-order valence-electron chi connectivity index (χ2n) is 5.86. The molecule has 1 saturated heterocycles. The van der Waals surface area contributed by atoms with Gasteiger partial charge < -0.3 is 9.64 Å². The maximum Gasteiger partial charge on any atom is 0.188 e. The van der Waals surface area contributed by atoms with Crippen molar-refractivity contribution in [1.82, 2.24) is 10.3 Å². The van der Waals surface area contributed by atoms with Crippen LogP contribution in [0.2, 0.25) is 0 Å². The zero-order valence-corrected chi connectivity index (χ0v) is 13.7. The lowest BCUT2D eigenvalue weighted by molar-refractivity contribution is 0.357. The number of benzene rings is 1. The predicted octanol–water partition coefficient (Wildman–Crippen LogP) is 2.77. The molecule has 3 heterocycles. The zero-order chi connectivity index (χ0) is 15.1. The molecule has 22 heavy (non-hydrogen) atoms. The van der Waals surface area contributed by atoms with Gasteiger partial charge in [-0.25, -0.2) is 4.98 Å². The molecule has 0 spiro atoms. The minimum atomic E-state index is 0.242. The van der Waals surface area contributed by atoms with Crippen LogP contribution in [0.3, 0.4) is 0 Å². The van der Waals surface area contributed by atoms with Crippen molar-refractivity contribution >= 4 is 26.7 Å². The third-order valence-corrected chi connectivity index (χ3v) is 5.40. The summed E-state index contributed by atoms with van der Waals surface area (Å²) in [5, 5.41) is 4.57. The first-order valence-electron chi connectivity index (χ1n) is 7.74. The number of rotatable bonds is 1. The van der Waals surface area contributed by atoms with Crippen molar-refractivity contribution in [3.8, 4) is 17.6 Å². The molecule has 2 aromatic rings. The van der Waals surface area contributed by atoms with E-state index >= 15 is 0 Å². The van der Waals surface area contributed by atoms with Crippen molar-refractivity contribution in [3.05, 3.63) is 17.7 Å². The van der Waals surface area contributed by atoms with Crippen molar-refractivity contribution in [2.24, 2.45) is 0 Å². The maximum atomic E-state index is 5.65. The van der Waals surface area contributed by atoms with Crippen molar-refractivity contribution in [1.29, 1.82) is 0 Å². The second kappa shape index (κ2) is 5.45. The minimum absolute atomic E-state index is 0.242. The molecule has 0 unspecified atom stereocenters. The summed E-state index contributed by atoms with van der Waals surface area (Å²) in [6, 6.07) is 4.94. The normalized spacial score (nSPS) is 23.8. The van der Waals surface area contributed by atoms with E-state index in [0.717, 1.165) is 42.5 Å². The van der Waals surface area contributed by atoms with Crippen LogP contribution < -0.4 is 15.0 Å². The SMILES string of the molecule is CC#C[C@H]1C[C@@H](C)NCN1c1nc2c3c(ccc2s1)OCC3. The first kappa shape index (κ1) is 13.9. The Kier molecular flexibility index (Phi) is 3.44. The lowest BCUT2D eigenvalue weighted by Crippen LogP contribution is -2.52. The summed E-state index contributed by atoms with van der Waals surface area (Å²) in [5.41, 5.74) is 2.37. The highest BCUT2D eigenvalue weighted by atomic mass is 32.1. The zero-order valence-electron chi connectivity index (χ0n) is 12.8. The first-order chi connectivity index (χ1) is 10.8. The highest BCUT2D eigenvalue weighted by Crippen LogP contribution is 2.38. The molecule has 2 aliphatic heterocycles. The minimum Gasteiger partial charge on any atom is -0.493 e. The van der Waals surface area contributed by atoms with Crippen molar-refractivity contribution in [3.63, 3.8) is 0 Å². The molecule has 1 N–H and O–H groups in total. The molecule has 2 atom stereocenters. The van der Waals surface area contributed by atoms with E-state index in [2.05, 4.69) is 41.1 Å². The Bertz CT molecular complexity index is 773. The Morgan fingerprint density at radius 1 is 1.45 bits per heavy atom. The van der Waals surface area contributed by atoms with Crippen LogP contribution in [0.4, 0.5) is 5.13 Å². The first-order valence-corrected chi connectivity index (χ1v) is 8.55. The van der Waals surface area contributed by atoms with Gasteiger partial charge in [0.15, 0.2) is 5.13 Å². The van der Waals surface area contributed by atoms with Gasteiger partial charge in [-0.15, -0.1) is 5.92 Å². The van der Waals surface area contributed by atoms with Crippen molar-refractivity contribution in [2.45, 2.75) is 38.8 Å². The maximum absolute atomic E-state index is 5.65. The van der Waals surface area contributed by atoms with Gasteiger partial charge in [-0.1, -0.05) is 17.3 Å². The Morgan fingerprint density at radius 3 is 3.23 bits per heavy atom. The van der Waals surface area contributed by atoms with E-state index in [1.807, 2.05) is 6.92 Å². The van der Waals surface area contributed by atoms with Crippen LogP contribution in [0.15, 0.2) is 12.1 Å². The molecule has 5 heteroatoms. The van der Waals surface area contributed by atoms with E-state index in [4.69, 9.17) is 9.72 Å². The summed E-state index contributed by atoms with van der Waals surface area (Å²) < 4.78 is 6.89. The predicted molar refractivity (Wildman–Crippen MR) is 90.6 cm³/mol. The molecule has 2 aliphatic rings. The summed E-state index contributed by atoms with van der Waals surface area (Å²) in [4.78, 5) is 7.22. The highest BCUT2D eigenvalue weighted by Gasteiger charge is 2.28. The van der Waals surface area contributed by atoms with Gasteiger partial charge in [0.25, 0.3) is 0 Å². The van der Waals surface area contributed by atoms with E-state index in [0.29, 0.717) is 6.04 Å². The average Bonchev–Trinajstić information content (AvgIpc) is 3.13. The Labute approximate surface area is 134 Å². The Balaban J connectivity index is 1.75. The van der Waals surface area contributed by atoms with Gasteiger partial charge in [0, 0.05) is 18.0 Å². The molecule has 1 aromatic heterocycles. The molecule has 0 amide bonds. The molecule has 0 aliphatic carbocycles. The number of ether oxygens (including phenoxy) is 1. The molecule has 114 valence electrons. The lowest BCUT2D eigenvalue weighted by atomic mass is 10.1. The lowest BCUT2D eigenvalue weighted by Gasteiger charge is -2.36. The number of thiazole rings is 1. The van der Waals surface area contributed by atoms with E-state index in [1.165, 1.54) is 10.3 Å². The number of hydrogen-bond acceptors (Lipinski definition) is 5. The van der Waals surface area contributed by atoms with Gasteiger partial charge in [-0.05, 0) is 32.4 Å². The van der Waals surface area contributed by atoms with E-state index < -0.39 is 0 Å². The summed E-state index contributed by atoms with van der Waals surface area (Å²) in [7, 11) is 0. The number of fused-ring (bicyclic) bond motifs is 3. The number of aromatic nitrogens is 1. The van der Waals surface area contributed by atoms with Gasteiger partial charge in [-0.3, -0.25) is 5.32 Å². The third kappa shape index (κ3) is 2.23. The van der Waals surface area contributed by atoms with Gasteiger partial charge in [0.2, 0.25) is 0 Å². The van der Waals surface area contributed by atoms with Gasteiger partial charge >= 0.3 is 0 Å². The molecule has 4 nitrogen and oxygen atoms in total. The van der Waals surface area contributed by atoms with Crippen LogP contribution in [-0.2, 0) is 6.42 Å². The fourth-order valence-electron chi connectivity index (χ4n) is 3.20. The molecular weight excluding hydrogens is 294 g/mol. The molecular formula is C17H19N3OS. The van der Waals surface area contributed by atoms with Crippen molar-refractivity contribution < 1.29 is 4.74 Å². The smallest absolute Gasteiger partial charge is 0.188 e. The van der Waals surface area contributed by atoms with Gasteiger partial charge in [0.1, 0.15) is 5.75 Å². The number of nitrogens with one attached hydrogen (secondary N) is 1. The monoisotopic (exact) mass is 313 g/mol.